The van der Waals surface area contributed by atoms with Crippen molar-refractivity contribution in [3.8, 4) is 0 Å². The molecule has 0 aliphatic rings. The Labute approximate surface area is 116 Å². The zero-order valence-electron chi connectivity index (χ0n) is 10.8. The van der Waals surface area contributed by atoms with Gasteiger partial charge in [0.25, 0.3) is 0 Å². The lowest BCUT2D eigenvalue weighted by atomic mass is 10.2. The zero-order chi connectivity index (χ0) is 13.9. The fraction of sp³-hybridized carbons (Fsp3) is 0.455. The van der Waals surface area contributed by atoms with Crippen molar-refractivity contribution in [1.82, 2.24) is 18.4 Å². The summed E-state index contributed by atoms with van der Waals surface area (Å²) in [6.45, 7) is 1.00. The molecule has 1 N–H and O–H groups in total. The summed E-state index contributed by atoms with van der Waals surface area (Å²) in [5.41, 5.74) is 2.80. The van der Waals surface area contributed by atoms with Crippen LogP contribution < -0.4 is 5.32 Å². The zero-order valence-corrected chi connectivity index (χ0v) is 12.5. The molecule has 8 heteroatoms. The molecule has 19 heavy (non-hydrogen) atoms. The van der Waals surface area contributed by atoms with Gasteiger partial charge in [-0.25, -0.2) is 12.7 Å². The molecule has 0 amide bonds. The first-order chi connectivity index (χ1) is 9.00. The van der Waals surface area contributed by atoms with Crippen LogP contribution in [0.3, 0.4) is 0 Å². The van der Waals surface area contributed by atoms with Crippen molar-refractivity contribution in [2.45, 2.75) is 6.54 Å². The molecule has 0 radical (unpaired) electrons. The molecule has 0 fully saturated rings. The Bertz CT molecular complexity index is 652. The van der Waals surface area contributed by atoms with Gasteiger partial charge in [-0.15, -0.1) is 0 Å². The van der Waals surface area contributed by atoms with Crippen LogP contribution in [0.1, 0.15) is 5.56 Å². The lowest BCUT2D eigenvalue weighted by Crippen LogP contribution is -2.31. The fourth-order valence-electron chi connectivity index (χ4n) is 1.61. The molecule has 1 heterocycles. The van der Waals surface area contributed by atoms with Gasteiger partial charge in [0.05, 0.1) is 17.5 Å². The van der Waals surface area contributed by atoms with E-state index in [1.54, 1.807) is 0 Å². The first-order valence-electron chi connectivity index (χ1n) is 5.82. The molecule has 0 bridgehead atoms. The number of benzene rings is 1. The molecule has 1 aromatic heterocycles. The van der Waals surface area contributed by atoms with Gasteiger partial charge < -0.3 is 5.32 Å². The molecule has 104 valence electrons. The summed E-state index contributed by atoms with van der Waals surface area (Å²) in [5, 5.41) is 3.13. The van der Waals surface area contributed by atoms with Crippen molar-refractivity contribution in [3.05, 3.63) is 23.8 Å². The van der Waals surface area contributed by atoms with Gasteiger partial charge in [0.2, 0.25) is 10.0 Å². The maximum atomic E-state index is 11.6. The van der Waals surface area contributed by atoms with Crippen LogP contribution in [0.4, 0.5) is 0 Å². The van der Waals surface area contributed by atoms with Crippen LogP contribution in [0.5, 0.6) is 0 Å². The largest absolute Gasteiger partial charge is 0.312 e. The predicted molar refractivity (Wildman–Crippen MR) is 76.6 cm³/mol. The smallest absolute Gasteiger partial charge is 0.214 e. The van der Waals surface area contributed by atoms with E-state index in [9.17, 15) is 8.42 Å². The van der Waals surface area contributed by atoms with E-state index in [4.69, 9.17) is 0 Å². The molecule has 0 aliphatic carbocycles. The van der Waals surface area contributed by atoms with E-state index < -0.39 is 10.0 Å². The number of hydrogen-bond acceptors (Lipinski definition) is 6. The molecule has 0 saturated heterocycles. The monoisotopic (exact) mass is 300 g/mol. The van der Waals surface area contributed by atoms with Crippen molar-refractivity contribution < 1.29 is 8.42 Å². The minimum Gasteiger partial charge on any atom is -0.312 e. The van der Waals surface area contributed by atoms with Gasteiger partial charge in [-0.3, -0.25) is 0 Å². The van der Waals surface area contributed by atoms with Crippen molar-refractivity contribution in [2.24, 2.45) is 0 Å². The number of rotatable bonds is 6. The van der Waals surface area contributed by atoms with Gasteiger partial charge >= 0.3 is 0 Å². The van der Waals surface area contributed by atoms with Crippen LogP contribution in [-0.2, 0) is 16.6 Å². The summed E-state index contributed by atoms with van der Waals surface area (Å²) in [7, 11) is -0.0620. The van der Waals surface area contributed by atoms with E-state index in [-0.39, 0.29) is 5.75 Å². The third-order valence-corrected chi connectivity index (χ3v) is 5.15. The highest BCUT2D eigenvalue weighted by molar-refractivity contribution is 7.89. The molecular formula is C11H16N4O2S2. The molecule has 0 atom stereocenters. The number of hydrogen-bond donors (Lipinski definition) is 1. The quantitative estimate of drug-likeness (QED) is 0.794. The second-order valence-electron chi connectivity index (χ2n) is 4.32. The first-order valence-corrected chi connectivity index (χ1v) is 8.16. The molecule has 2 aromatic rings. The molecule has 0 unspecified atom stereocenters. The molecular weight excluding hydrogens is 284 g/mol. The predicted octanol–water partition coefficient (Wildman–Crippen LogP) is 0.672. The summed E-state index contributed by atoms with van der Waals surface area (Å²) in [5.74, 6) is 0.0886. The lowest BCUT2D eigenvalue weighted by Gasteiger charge is -2.11. The average molecular weight is 300 g/mol. The van der Waals surface area contributed by atoms with E-state index >= 15 is 0 Å². The highest BCUT2D eigenvalue weighted by Gasteiger charge is 2.12. The number of nitrogens with zero attached hydrogens (tertiary/aromatic N) is 3. The third-order valence-electron chi connectivity index (χ3n) is 2.78. The number of fused-ring (bicyclic) bond motifs is 1. The molecule has 1 aromatic carbocycles. The lowest BCUT2D eigenvalue weighted by molar-refractivity contribution is 0.517. The average Bonchev–Trinajstić information content (AvgIpc) is 2.83. The van der Waals surface area contributed by atoms with Gasteiger partial charge in [-0.05, 0) is 11.6 Å². The standard InChI is InChI=1S/C11H16N4O2S2/c1-15(2)19(16,17)7-6-12-8-9-4-3-5-10-11(9)14-18-13-10/h3-5,12H,6-8H2,1-2H3. The third kappa shape index (κ3) is 3.47. The van der Waals surface area contributed by atoms with Crippen molar-refractivity contribution in [3.63, 3.8) is 0 Å². The number of nitrogens with one attached hydrogen (secondary N) is 1. The molecule has 0 aliphatic heterocycles. The topological polar surface area (TPSA) is 75.2 Å². The minimum atomic E-state index is -3.14. The molecule has 0 saturated carbocycles. The molecule has 2 rings (SSSR count). The minimum absolute atomic E-state index is 0.0886. The van der Waals surface area contributed by atoms with Crippen LogP contribution >= 0.6 is 11.7 Å². The second kappa shape index (κ2) is 5.91. The first kappa shape index (κ1) is 14.3. The van der Waals surface area contributed by atoms with Crippen LogP contribution in [0.15, 0.2) is 18.2 Å². The maximum absolute atomic E-state index is 11.6. The van der Waals surface area contributed by atoms with Gasteiger partial charge in [0.1, 0.15) is 11.0 Å². The van der Waals surface area contributed by atoms with Crippen LogP contribution in [0, 0.1) is 0 Å². The van der Waals surface area contributed by atoms with Crippen molar-refractivity contribution in [1.29, 1.82) is 0 Å². The van der Waals surface area contributed by atoms with E-state index in [1.165, 1.54) is 30.1 Å². The van der Waals surface area contributed by atoms with Crippen LogP contribution in [0.2, 0.25) is 0 Å². The summed E-state index contributed by atoms with van der Waals surface area (Å²) in [4.78, 5) is 0. The molecule has 0 spiro atoms. The van der Waals surface area contributed by atoms with Crippen LogP contribution in [-0.4, -0.2) is 47.9 Å². The van der Waals surface area contributed by atoms with Gasteiger partial charge in [0.15, 0.2) is 0 Å². The maximum Gasteiger partial charge on any atom is 0.214 e. The van der Waals surface area contributed by atoms with Gasteiger partial charge in [-0.2, -0.15) is 8.75 Å². The number of aromatic nitrogens is 2. The number of sulfonamides is 1. The van der Waals surface area contributed by atoms with Gasteiger partial charge in [0, 0.05) is 27.2 Å². The molecule has 6 nitrogen and oxygen atoms in total. The Morgan fingerprint density at radius 3 is 2.84 bits per heavy atom. The summed E-state index contributed by atoms with van der Waals surface area (Å²) in [6.07, 6.45) is 0. The van der Waals surface area contributed by atoms with E-state index in [0.717, 1.165) is 16.6 Å². The summed E-state index contributed by atoms with van der Waals surface area (Å²) in [6, 6.07) is 5.81. The van der Waals surface area contributed by atoms with Crippen molar-refractivity contribution >= 4 is 32.8 Å². The summed E-state index contributed by atoms with van der Waals surface area (Å²) >= 11 is 1.18. The Hall–Kier alpha value is -1.09. The van der Waals surface area contributed by atoms with Crippen LogP contribution in [0.25, 0.3) is 11.0 Å². The van der Waals surface area contributed by atoms with E-state index in [1.807, 2.05) is 18.2 Å². The summed E-state index contributed by atoms with van der Waals surface area (Å²) < 4.78 is 32.8. The van der Waals surface area contributed by atoms with E-state index in [2.05, 4.69) is 14.1 Å². The Morgan fingerprint density at radius 2 is 2.11 bits per heavy atom. The second-order valence-corrected chi connectivity index (χ2v) is 7.16. The Morgan fingerprint density at radius 1 is 1.32 bits per heavy atom. The highest BCUT2D eigenvalue weighted by atomic mass is 32.2. The van der Waals surface area contributed by atoms with E-state index in [0.29, 0.717) is 13.1 Å². The SMILES string of the molecule is CN(C)S(=O)(=O)CCNCc1cccc2nsnc12. The van der Waals surface area contributed by atoms with Gasteiger partial charge in [-0.1, -0.05) is 12.1 Å². The Balaban J connectivity index is 1.92. The normalized spacial score (nSPS) is 12.4. The van der Waals surface area contributed by atoms with Crippen molar-refractivity contribution in [2.75, 3.05) is 26.4 Å². The fourth-order valence-corrected chi connectivity index (χ4v) is 2.95. The Kier molecular flexibility index (Phi) is 4.46. The highest BCUT2D eigenvalue weighted by Crippen LogP contribution is 2.15.